The van der Waals surface area contributed by atoms with Crippen molar-refractivity contribution in [1.82, 2.24) is 10.2 Å². The van der Waals surface area contributed by atoms with Crippen molar-refractivity contribution >= 4 is 73.7 Å². The maximum Gasteiger partial charge on any atom is 0.573 e. The van der Waals surface area contributed by atoms with Gasteiger partial charge in [-0.3, -0.25) is 24.3 Å². The minimum Gasteiger partial charge on any atom is -0.406 e. The van der Waals surface area contributed by atoms with E-state index in [0.29, 0.717) is 66.1 Å². The van der Waals surface area contributed by atoms with E-state index in [-0.39, 0.29) is 28.9 Å². The number of fused-ring (bicyclic) bond motifs is 2. The number of rotatable bonds is 7. The smallest absolute Gasteiger partial charge is 0.406 e. The maximum absolute atomic E-state index is 13.9. The van der Waals surface area contributed by atoms with Crippen LogP contribution in [0.1, 0.15) is 31.8 Å². The summed E-state index contributed by atoms with van der Waals surface area (Å²) in [5, 5.41) is 11.8. The van der Waals surface area contributed by atoms with Crippen molar-refractivity contribution in [3.05, 3.63) is 177 Å². The number of hydrogen-bond donors (Lipinski definition) is 3. The largest absolute Gasteiger partial charge is 0.573 e. The van der Waals surface area contributed by atoms with Gasteiger partial charge in [0.2, 0.25) is 0 Å². The summed E-state index contributed by atoms with van der Waals surface area (Å²) in [5.74, 6) is -2.45. The molecule has 0 aromatic heterocycles. The molecule has 0 unspecified atom stereocenters. The Morgan fingerprint density at radius 2 is 1.00 bits per heavy atom. The molecule has 2 fully saturated rings. The number of hydrogen-bond acceptors (Lipinski definition) is 8. The van der Waals surface area contributed by atoms with Gasteiger partial charge in [0.25, 0.3) is 11.8 Å². The van der Waals surface area contributed by atoms with E-state index in [9.17, 15) is 44.7 Å². The van der Waals surface area contributed by atoms with Crippen LogP contribution in [0.15, 0.2) is 133 Å². The molecule has 4 aliphatic heterocycles. The van der Waals surface area contributed by atoms with Crippen LogP contribution in [0.25, 0.3) is 0 Å². The number of ether oxygens (including phenoxy) is 2. The highest BCUT2D eigenvalue weighted by Gasteiger charge is 2.54. The Morgan fingerprint density at radius 3 is 1.39 bits per heavy atom. The van der Waals surface area contributed by atoms with E-state index >= 15 is 0 Å². The Kier molecular flexibility index (Phi) is 14.1. The minimum absolute atomic E-state index is 0.271. The van der Waals surface area contributed by atoms with E-state index in [4.69, 9.17) is 23.2 Å². The first kappa shape index (κ1) is 49.3. The zero-order valence-electron chi connectivity index (χ0n) is 35.6. The average Bonchev–Trinajstić information content (AvgIpc) is 3.26. The first-order chi connectivity index (χ1) is 32.7. The van der Waals surface area contributed by atoms with E-state index in [2.05, 4.69) is 46.3 Å². The van der Waals surface area contributed by atoms with E-state index < -0.39 is 35.7 Å². The van der Waals surface area contributed by atoms with E-state index in [1.807, 2.05) is 42.5 Å². The lowest BCUT2D eigenvalue weighted by atomic mass is 9.90. The molecule has 3 N–H and O–H groups in total. The summed E-state index contributed by atoms with van der Waals surface area (Å²) in [6, 6.07) is 33.1. The van der Waals surface area contributed by atoms with E-state index in [0.717, 1.165) is 45.7 Å². The molecule has 69 heavy (non-hydrogen) atoms. The molecule has 21 heteroatoms. The van der Waals surface area contributed by atoms with Crippen LogP contribution in [-0.4, -0.2) is 66.9 Å². The van der Waals surface area contributed by atoms with Gasteiger partial charge in [-0.15, -0.1) is 26.3 Å². The Bertz CT molecular complexity index is 2850. The van der Waals surface area contributed by atoms with Crippen LogP contribution in [0, 0.1) is 11.6 Å². The Labute approximate surface area is 407 Å². The second kappa shape index (κ2) is 19.7. The van der Waals surface area contributed by atoms with Crippen molar-refractivity contribution in [3.8, 4) is 11.5 Å². The summed E-state index contributed by atoms with van der Waals surface area (Å²) in [6.45, 7) is 2.14. The molecule has 0 radical (unpaired) electrons. The fraction of sp³-hybridized carbons (Fsp3) is 0.208. The van der Waals surface area contributed by atoms with Crippen LogP contribution in [0.4, 0.5) is 57.9 Å². The molecule has 0 saturated carbocycles. The number of likely N-dealkylation sites (tertiary alicyclic amines) is 1. The third-order valence-electron chi connectivity index (χ3n) is 11.3. The Balaban J connectivity index is 0.000000161. The zero-order valence-corrected chi connectivity index (χ0v) is 38.7. The maximum atomic E-state index is 13.9. The molecule has 0 atom stereocenters. The molecule has 2 spiro atoms. The van der Waals surface area contributed by atoms with Gasteiger partial charge in [0.1, 0.15) is 34.5 Å². The first-order valence-corrected chi connectivity index (χ1v) is 22.7. The summed E-state index contributed by atoms with van der Waals surface area (Å²) in [5.41, 5.74) is 2.47. The molecule has 0 aliphatic carbocycles. The number of benzene rings is 6. The number of amides is 2. The van der Waals surface area contributed by atoms with E-state index in [1.54, 1.807) is 6.07 Å². The number of alkyl halides is 7. The van der Waals surface area contributed by atoms with Gasteiger partial charge in [0, 0.05) is 59.5 Å². The summed E-state index contributed by atoms with van der Waals surface area (Å²) in [7, 11) is 0. The summed E-state index contributed by atoms with van der Waals surface area (Å²) >= 11 is 15.4. The van der Waals surface area contributed by atoms with Crippen LogP contribution < -0.4 is 35.2 Å². The van der Waals surface area contributed by atoms with E-state index in [1.165, 1.54) is 70.5 Å². The van der Waals surface area contributed by atoms with Crippen molar-refractivity contribution in [3.63, 3.8) is 0 Å². The number of halogens is 11. The molecule has 6 aromatic carbocycles. The third kappa shape index (κ3) is 11.0. The lowest BCUT2D eigenvalue weighted by molar-refractivity contribution is -0.275. The molecule has 2 saturated heterocycles. The molecule has 4 heterocycles. The molecule has 2 amide bonds. The highest BCUT2D eigenvalue weighted by Crippen LogP contribution is 2.43. The number of nitrogens with one attached hydrogen (secondary N) is 3. The molecule has 10 nitrogen and oxygen atoms in total. The standard InChI is InChI=1S/C24H18ClF4N3O2.C17H13F4N3O2.C7H6BrCl/c25-20-4-2-1-3-15(20)12-31-13-23(14-31)30-21-11-16(26)5-10-19(21)22(33)32(23)17-6-8-18(9-7-17)34-24(27,28)29;18-10-1-6-13-14(7-10)23-16(8-22-9-16)24(15(13)25)11-2-4-12(5-3-11)26-17(19,20)21;8-5-6-3-1-2-4-7(6)9/h1-11,30H,12-14H2;1-7,22-23H,8-9H2;1-4H,5H2. The molecular weight excluding hydrogens is 1030 g/mol. The predicted octanol–water partition coefficient (Wildman–Crippen LogP) is 12.0. The minimum atomic E-state index is -4.82. The number of carbonyl (C=O) groups is 2. The van der Waals surface area contributed by atoms with Crippen LogP contribution in [0.5, 0.6) is 11.5 Å². The average molecular weight is 1060 g/mol. The second-order valence-corrected chi connectivity index (χ2v) is 17.5. The lowest BCUT2D eigenvalue weighted by Gasteiger charge is -2.58. The van der Waals surface area contributed by atoms with Crippen LogP contribution in [-0.2, 0) is 11.9 Å². The number of anilines is 4. The van der Waals surface area contributed by atoms with Gasteiger partial charge in [-0.25, -0.2) is 8.78 Å². The van der Waals surface area contributed by atoms with Gasteiger partial charge < -0.3 is 25.4 Å². The van der Waals surface area contributed by atoms with Crippen LogP contribution in [0.2, 0.25) is 10.0 Å². The van der Waals surface area contributed by atoms with Gasteiger partial charge >= 0.3 is 12.7 Å². The van der Waals surface area contributed by atoms with Crippen LogP contribution >= 0.6 is 39.1 Å². The van der Waals surface area contributed by atoms with Crippen LogP contribution in [0.3, 0.4) is 0 Å². The van der Waals surface area contributed by atoms with Crippen molar-refractivity contribution in [1.29, 1.82) is 0 Å². The normalized spacial score (nSPS) is 16.6. The highest BCUT2D eigenvalue weighted by molar-refractivity contribution is 9.08. The van der Waals surface area contributed by atoms with Gasteiger partial charge in [-0.2, -0.15) is 0 Å². The molecule has 4 aliphatic rings. The summed E-state index contributed by atoms with van der Waals surface area (Å²) in [6.07, 6.45) is -9.60. The van der Waals surface area contributed by atoms with Gasteiger partial charge in [0.05, 0.1) is 22.5 Å². The molecule has 360 valence electrons. The Morgan fingerprint density at radius 1 is 0.580 bits per heavy atom. The monoisotopic (exact) mass is 1060 g/mol. The quantitative estimate of drug-likeness (QED) is 0.107. The molecular formula is C48H37BrCl2F8N6O4. The highest BCUT2D eigenvalue weighted by atomic mass is 79.9. The van der Waals surface area contributed by atoms with Crippen molar-refractivity contribution < 1.29 is 54.2 Å². The van der Waals surface area contributed by atoms with Crippen molar-refractivity contribution in [2.45, 2.75) is 35.9 Å². The third-order valence-corrected chi connectivity index (χ3v) is 12.7. The number of nitrogens with zero attached hydrogens (tertiary/aromatic N) is 3. The second-order valence-electron chi connectivity index (χ2n) is 16.1. The lowest BCUT2D eigenvalue weighted by Crippen LogP contribution is -2.76. The van der Waals surface area contributed by atoms with Crippen molar-refractivity contribution in [2.75, 3.05) is 46.6 Å². The molecule has 0 bridgehead atoms. The molecule has 6 aromatic rings. The Hall–Kier alpha value is -6.12. The van der Waals surface area contributed by atoms with Gasteiger partial charge in [0.15, 0.2) is 0 Å². The number of carbonyl (C=O) groups excluding carboxylic acids is 2. The topological polar surface area (TPSA) is 98.4 Å². The molecule has 10 rings (SSSR count). The first-order valence-electron chi connectivity index (χ1n) is 20.8. The summed E-state index contributed by atoms with van der Waals surface area (Å²) < 4.78 is 110. The fourth-order valence-electron chi connectivity index (χ4n) is 8.29. The SMILES string of the molecule is Clc1ccccc1CBr.O=C1c2ccc(F)cc2NC2(CN(Cc3ccccc3Cl)C2)N1c1ccc(OC(F)(F)F)cc1.O=C1c2ccc(F)cc2NC2(CNC2)N1c1ccc(OC(F)(F)F)cc1. The predicted molar refractivity (Wildman–Crippen MR) is 249 cm³/mol. The summed E-state index contributed by atoms with van der Waals surface area (Å²) in [4.78, 5) is 31.5. The zero-order chi connectivity index (χ0) is 49.3. The van der Waals surface area contributed by atoms with Gasteiger partial charge in [-0.1, -0.05) is 75.5 Å². The van der Waals surface area contributed by atoms with Gasteiger partial charge in [-0.05, 0) is 108 Å². The van der Waals surface area contributed by atoms with Crippen molar-refractivity contribution in [2.24, 2.45) is 0 Å². The fourth-order valence-corrected chi connectivity index (χ4v) is 9.33.